The molecule has 0 saturated heterocycles. The normalized spacial score (nSPS) is 24.2. The second kappa shape index (κ2) is 4.84. The van der Waals surface area contributed by atoms with Crippen molar-refractivity contribution < 1.29 is 17.2 Å². The predicted octanol–water partition coefficient (Wildman–Crippen LogP) is 2.34. The molecule has 0 radical (unpaired) electrons. The monoisotopic (exact) mass is 275 g/mol. The number of nitrogens with one attached hydrogen (secondary N) is 1. The summed E-state index contributed by atoms with van der Waals surface area (Å²) in [6.45, 7) is 0. The van der Waals surface area contributed by atoms with Gasteiger partial charge in [-0.1, -0.05) is 6.07 Å². The molecule has 0 heterocycles. The number of halogens is 2. The standard InChI is InChI=1S/C12H15F2NO2S/c1-18(16,17)11-7-3-5-9(11)15-10-6-2-4-8(13)12(10)14/h2,4,6,9,11,15H,3,5,7H2,1H3. The van der Waals surface area contributed by atoms with Gasteiger partial charge in [0.2, 0.25) is 0 Å². The molecule has 1 aliphatic rings. The molecule has 18 heavy (non-hydrogen) atoms. The molecular weight excluding hydrogens is 260 g/mol. The van der Waals surface area contributed by atoms with E-state index in [9.17, 15) is 17.2 Å². The average Bonchev–Trinajstić information content (AvgIpc) is 2.72. The van der Waals surface area contributed by atoms with Crippen molar-refractivity contribution in [1.82, 2.24) is 0 Å². The zero-order valence-corrected chi connectivity index (χ0v) is 10.8. The van der Waals surface area contributed by atoms with E-state index in [1.54, 1.807) is 0 Å². The van der Waals surface area contributed by atoms with Crippen LogP contribution >= 0.6 is 0 Å². The molecule has 0 spiro atoms. The van der Waals surface area contributed by atoms with Gasteiger partial charge in [-0.15, -0.1) is 0 Å². The van der Waals surface area contributed by atoms with E-state index in [0.717, 1.165) is 12.5 Å². The first-order valence-electron chi connectivity index (χ1n) is 5.79. The Labute approximate surface area is 105 Å². The first-order chi connectivity index (χ1) is 8.39. The molecule has 1 aromatic carbocycles. The Morgan fingerprint density at radius 2 is 2.00 bits per heavy atom. The van der Waals surface area contributed by atoms with Crippen molar-refractivity contribution in [1.29, 1.82) is 0 Å². The van der Waals surface area contributed by atoms with E-state index in [0.29, 0.717) is 12.8 Å². The number of benzene rings is 1. The van der Waals surface area contributed by atoms with Crippen molar-refractivity contribution in [2.24, 2.45) is 0 Å². The van der Waals surface area contributed by atoms with Crippen LogP contribution in [0.5, 0.6) is 0 Å². The molecule has 3 nitrogen and oxygen atoms in total. The summed E-state index contributed by atoms with van der Waals surface area (Å²) in [5.74, 6) is -1.90. The van der Waals surface area contributed by atoms with E-state index in [1.807, 2.05) is 0 Å². The number of hydrogen-bond donors (Lipinski definition) is 1. The summed E-state index contributed by atoms with van der Waals surface area (Å²) in [7, 11) is -3.17. The van der Waals surface area contributed by atoms with E-state index in [1.165, 1.54) is 18.4 Å². The van der Waals surface area contributed by atoms with Crippen LogP contribution in [0.4, 0.5) is 14.5 Å². The van der Waals surface area contributed by atoms with Gasteiger partial charge in [-0.2, -0.15) is 0 Å². The van der Waals surface area contributed by atoms with Gasteiger partial charge in [-0.3, -0.25) is 0 Å². The van der Waals surface area contributed by atoms with Crippen molar-refractivity contribution >= 4 is 15.5 Å². The van der Waals surface area contributed by atoms with Gasteiger partial charge >= 0.3 is 0 Å². The maximum absolute atomic E-state index is 13.5. The third kappa shape index (κ3) is 2.63. The van der Waals surface area contributed by atoms with Gasteiger partial charge in [-0.25, -0.2) is 17.2 Å². The number of rotatable bonds is 3. The summed E-state index contributed by atoms with van der Waals surface area (Å²) < 4.78 is 49.7. The fourth-order valence-electron chi connectivity index (χ4n) is 2.42. The molecule has 2 rings (SSSR count). The predicted molar refractivity (Wildman–Crippen MR) is 66.3 cm³/mol. The lowest BCUT2D eigenvalue weighted by Crippen LogP contribution is -2.34. The minimum absolute atomic E-state index is 0.0237. The van der Waals surface area contributed by atoms with Crippen LogP contribution in [-0.4, -0.2) is 26.0 Å². The fourth-order valence-corrected chi connectivity index (χ4v) is 3.81. The van der Waals surface area contributed by atoms with Crippen molar-refractivity contribution in [3.05, 3.63) is 29.8 Å². The van der Waals surface area contributed by atoms with Crippen LogP contribution in [0.2, 0.25) is 0 Å². The first kappa shape index (κ1) is 13.3. The Morgan fingerprint density at radius 1 is 1.28 bits per heavy atom. The Balaban J connectivity index is 2.21. The minimum atomic E-state index is -3.17. The molecule has 1 fully saturated rings. The lowest BCUT2D eigenvalue weighted by molar-refractivity contribution is 0.509. The molecule has 100 valence electrons. The Hall–Kier alpha value is -1.17. The molecule has 0 aromatic heterocycles. The molecule has 0 amide bonds. The Kier molecular flexibility index (Phi) is 3.56. The third-order valence-corrected chi connectivity index (χ3v) is 4.96. The Bertz CT molecular complexity index is 545. The van der Waals surface area contributed by atoms with E-state index in [4.69, 9.17) is 0 Å². The molecule has 2 unspecified atom stereocenters. The summed E-state index contributed by atoms with van der Waals surface area (Å²) in [5.41, 5.74) is 0.0237. The highest BCUT2D eigenvalue weighted by atomic mass is 32.2. The van der Waals surface area contributed by atoms with E-state index in [2.05, 4.69) is 5.32 Å². The van der Waals surface area contributed by atoms with Crippen LogP contribution in [0.15, 0.2) is 18.2 Å². The van der Waals surface area contributed by atoms with Crippen LogP contribution in [-0.2, 0) is 9.84 Å². The van der Waals surface area contributed by atoms with Crippen molar-refractivity contribution in [2.75, 3.05) is 11.6 Å². The lowest BCUT2D eigenvalue weighted by Gasteiger charge is -2.21. The summed E-state index contributed by atoms with van der Waals surface area (Å²) in [5, 5.41) is 2.28. The lowest BCUT2D eigenvalue weighted by atomic mass is 10.2. The van der Waals surface area contributed by atoms with Crippen molar-refractivity contribution in [3.8, 4) is 0 Å². The number of sulfone groups is 1. The summed E-state index contributed by atoms with van der Waals surface area (Å²) in [6.07, 6.45) is 3.16. The van der Waals surface area contributed by atoms with Gasteiger partial charge in [0.1, 0.15) is 0 Å². The summed E-state index contributed by atoms with van der Waals surface area (Å²) in [4.78, 5) is 0. The fraction of sp³-hybridized carbons (Fsp3) is 0.500. The zero-order valence-electron chi connectivity index (χ0n) is 9.99. The van der Waals surface area contributed by atoms with E-state index in [-0.39, 0.29) is 11.7 Å². The Morgan fingerprint density at radius 3 is 2.67 bits per heavy atom. The smallest absolute Gasteiger partial charge is 0.181 e. The second-order valence-electron chi connectivity index (χ2n) is 4.65. The van der Waals surface area contributed by atoms with Gasteiger partial charge in [0, 0.05) is 12.3 Å². The molecular formula is C12H15F2NO2S. The number of anilines is 1. The van der Waals surface area contributed by atoms with Crippen LogP contribution in [0.3, 0.4) is 0 Å². The summed E-state index contributed by atoms with van der Waals surface area (Å²) >= 11 is 0. The zero-order chi connectivity index (χ0) is 13.3. The van der Waals surface area contributed by atoms with Crippen LogP contribution in [0.1, 0.15) is 19.3 Å². The molecule has 1 saturated carbocycles. The molecule has 2 atom stereocenters. The van der Waals surface area contributed by atoms with E-state index >= 15 is 0 Å². The van der Waals surface area contributed by atoms with Crippen molar-refractivity contribution in [3.63, 3.8) is 0 Å². The quantitative estimate of drug-likeness (QED) is 0.921. The first-order valence-corrected chi connectivity index (χ1v) is 7.74. The molecule has 6 heteroatoms. The maximum atomic E-state index is 13.5. The topological polar surface area (TPSA) is 46.2 Å². The van der Waals surface area contributed by atoms with Gasteiger partial charge in [-0.05, 0) is 31.4 Å². The SMILES string of the molecule is CS(=O)(=O)C1CCCC1Nc1cccc(F)c1F. The highest BCUT2D eigenvalue weighted by Crippen LogP contribution is 2.29. The molecule has 1 N–H and O–H groups in total. The maximum Gasteiger partial charge on any atom is 0.181 e. The molecule has 0 bridgehead atoms. The van der Waals surface area contributed by atoms with Crippen LogP contribution in [0.25, 0.3) is 0 Å². The third-order valence-electron chi connectivity index (χ3n) is 3.29. The van der Waals surface area contributed by atoms with Crippen LogP contribution < -0.4 is 5.32 Å². The summed E-state index contributed by atoms with van der Waals surface area (Å²) in [6, 6.07) is 3.49. The van der Waals surface area contributed by atoms with Gasteiger partial charge in [0.25, 0.3) is 0 Å². The molecule has 0 aliphatic heterocycles. The average molecular weight is 275 g/mol. The largest absolute Gasteiger partial charge is 0.379 e. The minimum Gasteiger partial charge on any atom is -0.379 e. The molecule has 1 aliphatic carbocycles. The second-order valence-corrected chi connectivity index (χ2v) is 6.92. The highest BCUT2D eigenvalue weighted by Gasteiger charge is 2.35. The van der Waals surface area contributed by atoms with E-state index < -0.39 is 26.7 Å². The van der Waals surface area contributed by atoms with Gasteiger partial charge in [0.15, 0.2) is 21.5 Å². The number of hydrogen-bond acceptors (Lipinski definition) is 3. The highest BCUT2D eigenvalue weighted by molar-refractivity contribution is 7.91. The van der Waals surface area contributed by atoms with Gasteiger partial charge < -0.3 is 5.32 Å². The van der Waals surface area contributed by atoms with Crippen LogP contribution in [0, 0.1) is 11.6 Å². The molecule has 1 aromatic rings. The van der Waals surface area contributed by atoms with Gasteiger partial charge in [0.05, 0.1) is 10.9 Å². The van der Waals surface area contributed by atoms with Crippen molar-refractivity contribution in [2.45, 2.75) is 30.6 Å².